The lowest BCUT2D eigenvalue weighted by Gasteiger charge is -2.40. The zero-order valence-corrected chi connectivity index (χ0v) is 16.9. The van der Waals surface area contributed by atoms with E-state index in [9.17, 15) is 5.11 Å². The third kappa shape index (κ3) is 3.88. The summed E-state index contributed by atoms with van der Waals surface area (Å²) in [6.07, 6.45) is 4.06. The SMILES string of the molecule is OC1CCN(CC2(c3ccccc3)CC2)C(c2ccc(-c3ccccc3)cc2)C1. The molecule has 2 heteroatoms. The van der Waals surface area contributed by atoms with Crippen molar-refractivity contribution >= 4 is 0 Å². The van der Waals surface area contributed by atoms with Crippen LogP contribution >= 0.6 is 0 Å². The summed E-state index contributed by atoms with van der Waals surface area (Å²) in [6.45, 7) is 2.07. The maximum Gasteiger partial charge on any atom is 0.0570 e. The molecule has 148 valence electrons. The van der Waals surface area contributed by atoms with E-state index in [1.54, 1.807) is 0 Å². The normalized spacial score (nSPS) is 23.6. The van der Waals surface area contributed by atoms with Gasteiger partial charge >= 0.3 is 0 Å². The molecule has 1 heterocycles. The predicted octanol–water partition coefficient (Wildman–Crippen LogP) is 5.58. The van der Waals surface area contributed by atoms with Crippen molar-refractivity contribution in [2.75, 3.05) is 13.1 Å². The van der Waals surface area contributed by atoms with Crippen LogP contribution in [0, 0.1) is 0 Å². The van der Waals surface area contributed by atoms with Gasteiger partial charge in [-0.25, -0.2) is 0 Å². The number of hydrogen-bond donors (Lipinski definition) is 1. The Morgan fingerprint density at radius 2 is 1.41 bits per heavy atom. The first kappa shape index (κ1) is 18.6. The molecular formula is C27H29NO. The van der Waals surface area contributed by atoms with Crippen molar-refractivity contribution in [3.8, 4) is 11.1 Å². The Morgan fingerprint density at radius 1 is 0.793 bits per heavy atom. The van der Waals surface area contributed by atoms with Crippen LogP contribution in [-0.4, -0.2) is 29.2 Å². The highest BCUT2D eigenvalue weighted by atomic mass is 16.3. The van der Waals surface area contributed by atoms with Crippen molar-refractivity contribution in [1.29, 1.82) is 0 Å². The minimum Gasteiger partial charge on any atom is -0.393 e. The Bertz CT molecular complexity index is 931. The maximum atomic E-state index is 10.4. The fraction of sp³-hybridized carbons (Fsp3) is 0.333. The molecule has 0 bridgehead atoms. The second kappa shape index (κ2) is 7.78. The fourth-order valence-electron chi connectivity index (χ4n) is 4.93. The molecule has 0 spiro atoms. The molecule has 1 saturated carbocycles. The highest BCUT2D eigenvalue weighted by Crippen LogP contribution is 2.50. The van der Waals surface area contributed by atoms with Crippen LogP contribution in [0.5, 0.6) is 0 Å². The van der Waals surface area contributed by atoms with E-state index < -0.39 is 0 Å². The van der Waals surface area contributed by atoms with Crippen LogP contribution in [0.25, 0.3) is 11.1 Å². The molecule has 0 radical (unpaired) electrons. The first-order valence-electron chi connectivity index (χ1n) is 10.9. The quantitative estimate of drug-likeness (QED) is 0.621. The summed E-state index contributed by atoms with van der Waals surface area (Å²) in [5, 5.41) is 10.4. The van der Waals surface area contributed by atoms with Gasteiger partial charge in [-0.05, 0) is 47.9 Å². The van der Waals surface area contributed by atoms with Gasteiger partial charge in [0.2, 0.25) is 0 Å². The van der Waals surface area contributed by atoms with Gasteiger partial charge in [0.25, 0.3) is 0 Å². The van der Waals surface area contributed by atoms with Gasteiger partial charge in [0, 0.05) is 24.5 Å². The van der Waals surface area contributed by atoms with Crippen LogP contribution in [0.3, 0.4) is 0 Å². The van der Waals surface area contributed by atoms with E-state index in [-0.39, 0.29) is 6.10 Å². The van der Waals surface area contributed by atoms with Gasteiger partial charge in [0.1, 0.15) is 0 Å². The summed E-state index contributed by atoms with van der Waals surface area (Å²) < 4.78 is 0. The highest BCUT2D eigenvalue weighted by Gasteiger charge is 2.47. The fourth-order valence-corrected chi connectivity index (χ4v) is 4.93. The van der Waals surface area contributed by atoms with E-state index in [2.05, 4.69) is 89.8 Å². The van der Waals surface area contributed by atoms with Gasteiger partial charge in [0.15, 0.2) is 0 Å². The Kier molecular flexibility index (Phi) is 4.99. The molecule has 3 aromatic rings. The standard InChI is InChI=1S/C27H29NO/c29-25-15-18-28(20-27(16-17-27)24-9-5-2-6-10-24)26(19-25)23-13-11-22(12-14-23)21-7-3-1-4-8-21/h1-14,25-26,29H,15-20H2. The maximum absolute atomic E-state index is 10.4. The lowest BCUT2D eigenvalue weighted by molar-refractivity contribution is 0.0356. The first-order valence-corrected chi connectivity index (χ1v) is 10.9. The summed E-state index contributed by atoms with van der Waals surface area (Å²) in [7, 11) is 0. The average Bonchev–Trinajstić information content (AvgIpc) is 3.57. The van der Waals surface area contributed by atoms with Crippen LogP contribution in [0.4, 0.5) is 0 Å². The lowest BCUT2D eigenvalue weighted by atomic mass is 9.89. The number of benzene rings is 3. The van der Waals surface area contributed by atoms with Crippen molar-refractivity contribution < 1.29 is 5.11 Å². The minimum atomic E-state index is -0.197. The summed E-state index contributed by atoms with van der Waals surface area (Å²) >= 11 is 0. The molecule has 2 fully saturated rings. The summed E-state index contributed by atoms with van der Waals surface area (Å²) in [5.74, 6) is 0. The van der Waals surface area contributed by atoms with Crippen molar-refractivity contribution in [3.63, 3.8) is 0 Å². The number of rotatable bonds is 5. The molecule has 5 rings (SSSR count). The number of aliphatic hydroxyl groups is 1. The molecule has 1 N–H and O–H groups in total. The molecule has 29 heavy (non-hydrogen) atoms. The number of hydrogen-bond acceptors (Lipinski definition) is 2. The number of likely N-dealkylation sites (tertiary alicyclic amines) is 1. The molecule has 1 aliphatic heterocycles. The van der Waals surface area contributed by atoms with Crippen molar-refractivity contribution in [2.24, 2.45) is 0 Å². The Labute approximate surface area is 173 Å². The topological polar surface area (TPSA) is 23.5 Å². The second-order valence-electron chi connectivity index (χ2n) is 8.80. The van der Waals surface area contributed by atoms with Crippen molar-refractivity contribution in [3.05, 3.63) is 96.1 Å². The highest BCUT2D eigenvalue weighted by molar-refractivity contribution is 5.63. The molecule has 0 aromatic heterocycles. The van der Waals surface area contributed by atoms with Crippen LogP contribution < -0.4 is 0 Å². The third-order valence-corrected chi connectivity index (χ3v) is 6.83. The summed E-state index contributed by atoms with van der Waals surface area (Å²) in [4.78, 5) is 2.63. The monoisotopic (exact) mass is 383 g/mol. The molecular weight excluding hydrogens is 354 g/mol. The molecule has 1 saturated heterocycles. The van der Waals surface area contributed by atoms with Crippen LogP contribution in [0.1, 0.15) is 42.9 Å². The van der Waals surface area contributed by atoms with Gasteiger partial charge in [0.05, 0.1) is 6.10 Å². The predicted molar refractivity (Wildman–Crippen MR) is 119 cm³/mol. The number of nitrogens with zero attached hydrogens (tertiary/aromatic N) is 1. The molecule has 1 aliphatic carbocycles. The van der Waals surface area contributed by atoms with Crippen molar-refractivity contribution in [2.45, 2.75) is 43.2 Å². The van der Waals surface area contributed by atoms with Crippen LogP contribution in [-0.2, 0) is 5.41 Å². The van der Waals surface area contributed by atoms with E-state index in [0.29, 0.717) is 11.5 Å². The van der Waals surface area contributed by atoms with Crippen molar-refractivity contribution in [1.82, 2.24) is 4.90 Å². The van der Waals surface area contributed by atoms with Crippen LogP contribution in [0.2, 0.25) is 0 Å². The third-order valence-electron chi connectivity index (χ3n) is 6.83. The number of piperidine rings is 1. The molecule has 0 amide bonds. The average molecular weight is 384 g/mol. The van der Waals surface area contributed by atoms with Crippen LogP contribution in [0.15, 0.2) is 84.9 Å². The summed E-state index contributed by atoms with van der Waals surface area (Å²) in [5.41, 5.74) is 5.61. The van der Waals surface area contributed by atoms with Gasteiger partial charge in [-0.2, -0.15) is 0 Å². The molecule has 2 atom stereocenters. The summed E-state index contributed by atoms with van der Waals surface area (Å²) in [6, 6.07) is 30.8. The van der Waals surface area contributed by atoms with E-state index in [4.69, 9.17) is 0 Å². The molecule has 2 aliphatic rings. The van der Waals surface area contributed by atoms with Gasteiger partial charge in [-0.3, -0.25) is 4.90 Å². The van der Waals surface area contributed by atoms with E-state index >= 15 is 0 Å². The zero-order valence-electron chi connectivity index (χ0n) is 16.9. The van der Waals surface area contributed by atoms with Gasteiger partial charge < -0.3 is 5.11 Å². The van der Waals surface area contributed by atoms with Gasteiger partial charge in [-0.1, -0.05) is 84.9 Å². The Balaban J connectivity index is 1.38. The van der Waals surface area contributed by atoms with E-state index in [1.165, 1.54) is 35.1 Å². The Hall–Kier alpha value is -2.42. The molecule has 3 aromatic carbocycles. The first-order chi connectivity index (χ1) is 14.2. The number of aliphatic hydroxyl groups excluding tert-OH is 1. The smallest absolute Gasteiger partial charge is 0.0570 e. The lowest BCUT2D eigenvalue weighted by Crippen LogP contribution is -2.42. The largest absolute Gasteiger partial charge is 0.393 e. The molecule has 2 nitrogen and oxygen atoms in total. The zero-order chi connectivity index (χ0) is 19.7. The van der Waals surface area contributed by atoms with E-state index in [1.807, 2.05) is 0 Å². The van der Waals surface area contributed by atoms with E-state index in [0.717, 1.165) is 25.9 Å². The van der Waals surface area contributed by atoms with Gasteiger partial charge in [-0.15, -0.1) is 0 Å². The Morgan fingerprint density at radius 3 is 2.07 bits per heavy atom. The second-order valence-corrected chi connectivity index (χ2v) is 8.80. The molecule has 2 unspecified atom stereocenters. The minimum absolute atomic E-state index is 0.197.